The number of hydrogen-bond acceptors (Lipinski definition) is 5. The Morgan fingerprint density at radius 1 is 1.26 bits per heavy atom. The highest BCUT2D eigenvalue weighted by Crippen LogP contribution is 2.06. The van der Waals surface area contributed by atoms with Crippen LogP contribution in [-0.4, -0.2) is 24.3 Å². The van der Waals surface area contributed by atoms with Gasteiger partial charge in [0.2, 0.25) is 15.9 Å². The van der Waals surface area contributed by atoms with Crippen LogP contribution >= 0.6 is 0 Å². The molecule has 0 aliphatic rings. The molecule has 19 heavy (non-hydrogen) atoms. The predicted octanol–water partition coefficient (Wildman–Crippen LogP) is 1.10. The molecule has 0 radical (unpaired) electrons. The van der Waals surface area contributed by atoms with Gasteiger partial charge in [-0.25, -0.2) is 13.1 Å². The van der Waals surface area contributed by atoms with Crippen LogP contribution < -0.4 is 4.72 Å². The van der Waals surface area contributed by atoms with Crippen LogP contribution in [0.2, 0.25) is 0 Å². The molecule has 0 aliphatic heterocycles. The van der Waals surface area contributed by atoms with E-state index in [9.17, 15) is 8.42 Å². The van der Waals surface area contributed by atoms with Crippen LogP contribution in [0.4, 0.5) is 0 Å². The molecule has 1 heterocycles. The van der Waals surface area contributed by atoms with E-state index in [1.54, 1.807) is 6.92 Å². The normalized spacial score (nSPS) is 11.6. The van der Waals surface area contributed by atoms with E-state index in [-0.39, 0.29) is 18.2 Å². The number of sulfonamides is 1. The molecule has 7 heteroatoms. The van der Waals surface area contributed by atoms with E-state index in [1.807, 2.05) is 30.3 Å². The molecule has 0 saturated carbocycles. The zero-order valence-electron chi connectivity index (χ0n) is 10.5. The van der Waals surface area contributed by atoms with Crippen molar-refractivity contribution in [2.24, 2.45) is 0 Å². The van der Waals surface area contributed by atoms with Gasteiger partial charge in [0.05, 0.1) is 12.3 Å². The summed E-state index contributed by atoms with van der Waals surface area (Å²) < 4.78 is 29.9. The third kappa shape index (κ3) is 4.15. The van der Waals surface area contributed by atoms with E-state index < -0.39 is 10.0 Å². The second-order valence-electron chi connectivity index (χ2n) is 3.99. The lowest BCUT2D eigenvalue weighted by Gasteiger charge is -1.99. The van der Waals surface area contributed by atoms with Gasteiger partial charge in [0, 0.05) is 6.42 Å². The van der Waals surface area contributed by atoms with Crippen molar-refractivity contribution in [2.45, 2.75) is 19.9 Å². The van der Waals surface area contributed by atoms with Crippen molar-refractivity contribution in [3.63, 3.8) is 0 Å². The minimum atomic E-state index is -3.25. The van der Waals surface area contributed by atoms with E-state index in [2.05, 4.69) is 14.9 Å². The summed E-state index contributed by atoms with van der Waals surface area (Å²) in [7, 11) is -3.25. The lowest BCUT2D eigenvalue weighted by atomic mass is 10.1. The SMILES string of the molecule is CCS(=O)(=O)NCc1nc(Cc2ccccc2)no1. The number of benzene rings is 1. The molecule has 102 valence electrons. The number of nitrogens with one attached hydrogen (secondary N) is 1. The summed E-state index contributed by atoms with van der Waals surface area (Å²) in [6.45, 7) is 1.59. The highest BCUT2D eigenvalue weighted by Gasteiger charge is 2.11. The van der Waals surface area contributed by atoms with Crippen molar-refractivity contribution in [3.05, 3.63) is 47.6 Å². The molecule has 6 nitrogen and oxygen atoms in total. The number of hydrogen-bond donors (Lipinski definition) is 1. The molecule has 0 bridgehead atoms. The Kier molecular flexibility index (Phi) is 4.28. The zero-order chi connectivity index (χ0) is 13.7. The van der Waals surface area contributed by atoms with E-state index >= 15 is 0 Å². The number of rotatable bonds is 6. The molecule has 2 rings (SSSR count). The number of nitrogens with zero attached hydrogens (tertiary/aromatic N) is 2. The van der Waals surface area contributed by atoms with Crippen molar-refractivity contribution < 1.29 is 12.9 Å². The van der Waals surface area contributed by atoms with Gasteiger partial charge in [-0.15, -0.1) is 0 Å². The molecule has 0 atom stereocenters. The van der Waals surface area contributed by atoms with Gasteiger partial charge in [-0.1, -0.05) is 35.5 Å². The quantitative estimate of drug-likeness (QED) is 0.857. The Morgan fingerprint density at radius 3 is 2.68 bits per heavy atom. The van der Waals surface area contributed by atoms with Crippen LogP contribution in [0.5, 0.6) is 0 Å². The maximum absolute atomic E-state index is 11.3. The predicted molar refractivity (Wildman–Crippen MR) is 69.8 cm³/mol. The molecule has 0 aliphatic carbocycles. The highest BCUT2D eigenvalue weighted by atomic mass is 32.2. The smallest absolute Gasteiger partial charge is 0.241 e. The summed E-state index contributed by atoms with van der Waals surface area (Å²) in [4.78, 5) is 4.14. The first kappa shape index (κ1) is 13.7. The van der Waals surface area contributed by atoms with Gasteiger partial charge in [-0.05, 0) is 12.5 Å². The summed E-state index contributed by atoms with van der Waals surface area (Å²) in [5, 5.41) is 3.82. The molecule has 0 fully saturated rings. The number of aromatic nitrogens is 2. The summed E-state index contributed by atoms with van der Waals surface area (Å²) in [6.07, 6.45) is 0.560. The van der Waals surface area contributed by atoms with E-state index in [0.29, 0.717) is 12.2 Å². The largest absolute Gasteiger partial charge is 0.338 e. The molecule has 0 unspecified atom stereocenters. The summed E-state index contributed by atoms with van der Waals surface area (Å²) in [5.41, 5.74) is 1.07. The van der Waals surface area contributed by atoms with Gasteiger partial charge in [0.25, 0.3) is 0 Å². The van der Waals surface area contributed by atoms with Gasteiger partial charge in [-0.2, -0.15) is 4.98 Å². The molecule has 2 aromatic rings. The monoisotopic (exact) mass is 281 g/mol. The molecular weight excluding hydrogens is 266 g/mol. The summed E-state index contributed by atoms with van der Waals surface area (Å²) >= 11 is 0. The van der Waals surface area contributed by atoms with Crippen molar-refractivity contribution in [3.8, 4) is 0 Å². The zero-order valence-corrected chi connectivity index (χ0v) is 11.4. The Balaban J connectivity index is 1.96. The Labute approximate surface area is 111 Å². The third-order valence-corrected chi connectivity index (χ3v) is 3.88. The van der Waals surface area contributed by atoms with Crippen molar-refractivity contribution in [2.75, 3.05) is 5.75 Å². The van der Waals surface area contributed by atoms with Gasteiger partial charge >= 0.3 is 0 Å². The fourth-order valence-electron chi connectivity index (χ4n) is 1.49. The van der Waals surface area contributed by atoms with Crippen LogP contribution in [-0.2, 0) is 23.0 Å². The fourth-order valence-corrected chi connectivity index (χ4v) is 2.03. The molecular formula is C12H15N3O3S. The first-order valence-electron chi connectivity index (χ1n) is 5.92. The summed E-state index contributed by atoms with van der Waals surface area (Å²) in [5.74, 6) is 0.831. The van der Waals surface area contributed by atoms with Crippen LogP contribution in [0.15, 0.2) is 34.9 Å². The Bertz CT molecular complexity index is 623. The lowest BCUT2D eigenvalue weighted by molar-refractivity contribution is 0.371. The van der Waals surface area contributed by atoms with Crippen molar-refractivity contribution >= 4 is 10.0 Å². The highest BCUT2D eigenvalue weighted by molar-refractivity contribution is 7.89. The van der Waals surface area contributed by atoms with Gasteiger partial charge in [0.1, 0.15) is 0 Å². The minimum Gasteiger partial charge on any atom is -0.338 e. The first-order valence-corrected chi connectivity index (χ1v) is 7.57. The molecule has 0 saturated heterocycles. The molecule has 1 aromatic heterocycles. The molecule has 0 amide bonds. The van der Waals surface area contributed by atoms with E-state index in [0.717, 1.165) is 5.56 Å². The molecule has 1 N–H and O–H groups in total. The Hall–Kier alpha value is -1.73. The van der Waals surface area contributed by atoms with Crippen LogP contribution in [0, 0.1) is 0 Å². The van der Waals surface area contributed by atoms with Crippen LogP contribution in [0.3, 0.4) is 0 Å². The maximum atomic E-state index is 11.3. The average Bonchev–Trinajstić information content (AvgIpc) is 2.86. The van der Waals surface area contributed by atoms with Gasteiger partial charge in [0.15, 0.2) is 5.82 Å². The van der Waals surface area contributed by atoms with Crippen molar-refractivity contribution in [1.82, 2.24) is 14.9 Å². The van der Waals surface area contributed by atoms with E-state index in [1.165, 1.54) is 0 Å². The lowest BCUT2D eigenvalue weighted by Crippen LogP contribution is -2.24. The minimum absolute atomic E-state index is 0.0258. The maximum Gasteiger partial charge on any atom is 0.241 e. The average molecular weight is 281 g/mol. The third-order valence-electron chi connectivity index (χ3n) is 2.54. The fraction of sp³-hybridized carbons (Fsp3) is 0.333. The topological polar surface area (TPSA) is 85.1 Å². The first-order chi connectivity index (χ1) is 9.09. The van der Waals surface area contributed by atoms with Gasteiger partial charge in [-0.3, -0.25) is 0 Å². The molecule has 0 spiro atoms. The van der Waals surface area contributed by atoms with Gasteiger partial charge < -0.3 is 4.52 Å². The Morgan fingerprint density at radius 2 is 2.00 bits per heavy atom. The summed E-state index contributed by atoms with van der Waals surface area (Å²) in [6, 6.07) is 9.74. The second-order valence-corrected chi connectivity index (χ2v) is 6.09. The van der Waals surface area contributed by atoms with Crippen LogP contribution in [0.1, 0.15) is 24.2 Å². The second kappa shape index (κ2) is 5.94. The standard InChI is InChI=1S/C12H15N3O3S/c1-2-19(16,17)13-9-12-14-11(15-18-12)8-10-6-4-3-5-7-10/h3-7,13H,2,8-9H2,1H3. The molecule has 1 aromatic carbocycles. The van der Waals surface area contributed by atoms with Crippen molar-refractivity contribution in [1.29, 1.82) is 0 Å². The van der Waals surface area contributed by atoms with Crippen LogP contribution in [0.25, 0.3) is 0 Å². The van der Waals surface area contributed by atoms with E-state index in [4.69, 9.17) is 4.52 Å².